The van der Waals surface area contributed by atoms with Crippen LogP contribution in [0.25, 0.3) is 0 Å². The van der Waals surface area contributed by atoms with Gasteiger partial charge in [-0.1, -0.05) is 24.5 Å². The summed E-state index contributed by atoms with van der Waals surface area (Å²) >= 11 is 0. The number of hydrogen-bond donors (Lipinski definition) is 1. The summed E-state index contributed by atoms with van der Waals surface area (Å²) < 4.78 is 7.35. The molecule has 1 aliphatic carbocycles. The molecule has 1 aromatic heterocycles. The van der Waals surface area contributed by atoms with Gasteiger partial charge in [-0.15, -0.1) is 5.10 Å². The van der Waals surface area contributed by atoms with Crippen molar-refractivity contribution in [3.63, 3.8) is 0 Å². The van der Waals surface area contributed by atoms with Crippen LogP contribution in [0.1, 0.15) is 31.4 Å². The molecule has 0 bridgehead atoms. The molecular formula is C11H20N4O. The van der Waals surface area contributed by atoms with E-state index in [1.807, 2.05) is 6.20 Å². The van der Waals surface area contributed by atoms with Gasteiger partial charge in [-0.25, -0.2) is 4.68 Å². The molecule has 0 aliphatic heterocycles. The van der Waals surface area contributed by atoms with Gasteiger partial charge in [-0.3, -0.25) is 0 Å². The summed E-state index contributed by atoms with van der Waals surface area (Å²) in [6.45, 7) is 2.80. The zero-order valence-electron chi connectivity index (χ0n) is 9.64. The molecule has 1 aliphatic rings. The van der Waals surface area contributed by atoms with Crippen molar-refractivity contribution in [1.29, 1.82) is 0 Å². The molecule has 0 atom stereocenters. The lowest BCUT2D eigenvalue weighted by molar-refractivity contribution is 0.0983. The molecule has 1 heterocycles. The van der Waals surface area contributed by atoms with Gasteiger partial charge in [-0.2, -0.15) is 0 Å². The molecule has 5 heteroatoms. The first-order valence-corrected chi connectivity index (χ1v) is 6.05. The van der Waals surface area contributed by atoms with E-state index >= 15 is 0 Å². The van der Waals surface area contributed by atoms with Gasteiger partial charge in [-0.05, 0) is 12.3 Å². The van der Waals surface area contributed by atoms with Crippen LogP contribution in [0.15, 0.2) is 6.20 Å². The minimum absolute atomic E-state index is 0.447. The number of aromatic nitrogens is 3. The smallest absolute Gasteiger partial charge is 0.0962 e. The Hall–Kier alpha value is -0.940. The van der Waals surface area contributed by atoms with Crippen LogP contribution in [0, 0.1) is 5.92 Å². The van der Waals surface area contributed by atoms with E-state index in [1.165, 1.54) is 25.7 Å². The fourth-order valence-corrected chi connectivity index (χ4v) is 1.83. The monoisotopic (exact) mass is 224 g/mol. The minimum atomic E-state index is 0.447. The predicted molar refractivity (Wildman–Crippen MR) is 60.7 cm³/mol. The zero-order valence-corrected chi connectivity index (χ0v) is 9.64. The number of ether oxygens (including phenoxy) is 1. The molecule has 5 nitrogen and oxygen atoms in total. The van der Waals surface area contributed by atoms with Gasteiger partial charge < -0.3 is 10.5 Å². The van der Waals surface area contributed by atoms with Crippen molar-refractivity contribution in [3.8, 4) is 0 Å². The summed E-state index contributed by atoms with van der Waals surface area (Å²) in [5.41, 5.74) is 6.28. The van der Waals surface area contributed by atoms with E-state index in [0.717, 1.165) is 24.8 Å². The second kappa shape index (κ2) is 5.96. The standard InChI is InChI=1S/C11H20N4O/c12-8-11-9-15(14-13-11)5-7-16-6-4-10-2-1-3-10/h9-10H,1-8,12H2. The first kappa shape index (κ1) is 11.5. The Labute approximate surface area is 96.0 Å². The van der Waals surface area contributed by atoms with E-state index in [4.69, 9.17) is 10.5 Å². The van der Waals surface area contributed by atoms with Gasteiger partial charge in [0.1, 0.15) is 0 Å². The predicted octanol–water partition coefficient (Wildman–Crippen LogP) is 0.944. The van der Waals surface area contributed by atoms with Gasteiger partial charge in [0.05, 0.1) is 18.8 Å². The van der Waals surface area contributed by atoms with E-state index in [9.17, 15) is 0 Å². The Kier molecular flexibility index (Phi) is 4.30. The molecule has 2 rings (SSSR count). The van der Waals surface area contributed by atoms with Crippen molar-refractivity contribution in [3.05, 3.63) is 11.9 Å². The van der Waals surface area contributed by atoms with Crippen LogP contribution < -0.4 is 5.73 Å². The molecule has 1 saturated carbocycles. The maximum Gasteiger partial charge on any atom is 0.0962 e. The third-order valence-electron chi connectivity index (χ3n) is 3.16. The number of nitrogens with two attached hydrogens (primary N) is 1. The Morgan fingerprint density at radius 3 is 2.94 bits per heavy atom. The Balaban J connectivity index is 1.53. The van der Waals surface area contributed by atoms with Gasteiger partial charge in [0, 0.05) is 19.3 Å². The van der Waals surface area contributed by atoms with Gasteiger partial charge in [0.25, 0.3) is 0 Å². The largest absolute Gasteiger partial charge is 0.380 e. The second-order valence-corrected chi connectivity index (χ2v) is 4.38. The van der Waals surface area contributed by atoms with Gasteiger partial charge in [0.2, 0.25) is 0 Å². The highest BCUT2D eigenvalue weighted by molar-refractivity contribution is 4.90. The van der Waals surface area contributed by atoms with Gasteiger partial charge >= 0.3 is 0 Å². The van der Waals surface area contributed by atoms with Crippen LogP contribution in [0.4, 0.5) is 0 Å². The van der Waals surface area contributed by atoms with Crippen molar-refractivity contribution in [2.45, 2.75) is 38.8 Å². The maximum absolute atomic E-state index is 5.57. The zero-order chi connectivity index (χ0) is 11.2. The first-order valence-electron chi connectivity index (χ1n) is 6.05. The molecule has 0 amide bonds. The normalized spacial score (nSPS) is 16.3. The van der Waals surface area contributed by atoms with Crippen LogP contribution in [-0.2, 0) is 17.8 Å². The average Bonchev–Trinajstić information content (AvgIpc) is 2.68. The third kappa shape index (κ3) is 3.28. The summed E-state index contributed by atoms with van der Waals surface area (Å²) in [6.07, 6.45) is 7.28. The SMILES string of the molecule is NCc1cn(CCOCCC2CCC2)nn1. The van der Waals surface area contributed by atoms with Crippen LogP contribution in [-0.4, -0.2) is 28.2 Å². The topological polar surface area (TPSA) is 66.0 Å². The number of hydrogen-bond acceptors (Lipinski definition) is 4. The molecule has 1 fully saturated rings. The van der Waals surface area contributed by atoms with Crippen molar-refractivity contribution >= 4 is 0 Å². The quantitative estimate of drug-likeness (QED) is 0.700. The highest BCUT2D eigenvalue weighted by Crippen LogP contribution is 2.28. The maximum atomic E-state index is 5.57. The molecule has 2 N–H and O–H groups in total. The van der Waals surface area contributed by atoms with E-state index in [0.29, 0.717) is 13.2 Å². The molecule has 0 spiro atoms. The van der Waals surface area contributed by atoms with Crippen molar-refractivity contribution in [2.75, 3.05) is 13.2 Å². The molecule has 1 aromatic rings. The molecule has 0 radical (unpaired) electrons. The number of nitrogens with zero attached hydrogens (tertiary/aromatic N) is 3. The number of rotatable bonds is 7. The molecule has 0 unspecified atom stereocenters. The summed E-state index contributed by atoms with van der Waals surface area (Å²) in [4.78, 5) is 0. The Morgan fingerprint density at radius 2 is 2.31 bits per heavy atom. The van der Waals surface area contributed by atoms with Crippen LogP contribution >= 0.6 is 0 Å². The lowest BCUT2D eigenvalue weighted by Gasteiger charge is -2.24. The summed E-state index contributed by atoms with van der Waals surface area (Å²) in [5.74, 6) is 0.926. The summed E-state index contributed by atoms with van der Waals surface area (Å²) in [5, 5.41) is 7.87. The first-order chi connectivity index (χ1) is 7.88. The lowest BCUT2D eigenvalue weighted by atomic mass is 9.83. The van der Waals surface area contributed by atoms with Crippen LogP contribution in [0.2, 0.25) is 0 Å². The van der Waals surface area contributed by atoms with E-state index in [-0.39, 0.29) is 0 Å². The van der Waals surface area contributed by atoms with Crippen molar-refractivity contribution in [2.24, 2.45) is 11.7 Å². The van der Waals surface area contributed by atoms with Crippen molar-refractivity contribution in [1.82, 2.24) is 15.0 Å². The average molecular weight is 224 g/mol. The molecule has 0 saturated heterocycles. The molecular weight excluding hydrogens is 204 g/mol. The van der Waals surface area contributed by atoms with Crippen LogP contribution in [0.3, 0.4) is 0 Å². The summed E-state index contributed by atoms with van der Waals surface area (Å²) in [7, 11) is 0. The van der Waals surface area contributed by atoms with Gasteiger partial charge in [0.15, 0.2) is 0 Å². The Bertz CT molecular complexity index is 309. The van der Waals surface area contributed by atoms with E-state index in [1.54, 1.807) is 4.68 Å². The van der Waals surface area contributed by atoms with E-state index in [2.05, 4.69) is 10.3 Å². The lowest BCUT2D eigenvalue weighted by Crippen LogP contribution is -2.15. The fraction of sp³-hybridized carbons (Fsp3) is 0.818. The molecule has 0 aromatic carbocycles. The van der Waals surface area contributed by atoms with E-state index < -0.39 is 0 Å². The minimum Gasteiger partial charge on any atom is -0.380 e. The fourth-order valence-electron chi connectivity index (χ4n) is 1.83. The highest BCUT2D eigenvalue weighted by atomic mass is 16.5. The van der Waals surface area contributed by atoms with Crippen molar-refractivity contribution < 1.29 is 4.74 Å². The highest BCUT2D eigenvalue weighted by Gasteiger charge is 2.16. The molecule has 16 heavy (non-hydrogen) atoms. The Morgan fingerprint density at radius 1 is 1.44 bits per heavy atom. The second-order valence-electron chi connectivity index (χ2n) is 4.38. The summed E-state index contributed by atoms with van der Waals surface area (Å²) in [6, 6.07) is 0. The van der Waals surface area contributed by atoms with Crippen LogP contribution in [0.5, 0.6) is 0 Å². The third-order valence-corrected chi connectivity index (χ3v) is 3.16. The molecule has 90 valence electrons.